The molecule has 3 aromatic carbocycles. The van der Waals surface area contributed by atoms with E-state index in [0.29, 0.717) is 12.1 Å². The van der Waals surface area contributed by atoms with Gasteiger partial charge in [0.1, 0.15) is 29.4 Å². The Morgan fingerprint density at radius 2 is 1.51 bits per heavy atom. The van der Waals surface area contributed by atoms with Gasteiger partial charge in [-0.2, -0.15) is 0 Å². The van der Waals surface area contributed by atoms with Crippen LogP contribution >= 0.6 is 0 Å². The molecule has 2 aromatic heterocycles. The molecule has 0 fully saturated rings. The topological polar surface area (TPSA) is 67.3 Å². The van der Waals surface area contributed by atoms with E-state index in [9.17, 15) is 5.11 Å². The van der Waals surface area contributed by atoms with Gasteiger partial charge in [-0.25, -0.2) is 9.97 Å². The van der Waals surface area contributed by atoms with Gasteiger partial charge < -0.3 is 15.2 Å². The summed E-state index contributed by atoms with van der Waals surface area (Å²) in [6.07, 6.45) is 0. The van der Waals surface area contributed by atoms with E-state index in [1.165, 1.54) is 0 Å². The third-order valence-corrected chi connectivity index (χ3v) is 5.96. The van der Waals surface area contributed by atoms with Crippen LogP contribution in [0.4, 0.5) is 5.82 Å². The highest BCUT2D eigenvalue weighted by Gasteiger charge is 2.21. The molecule has 2 N–H and O–H groups in total. The van der Waals surface area contributed by atoms with Crippen LogP contribution in [0.15, 0.2) is 97.1 Å². The fourth-order valence-electron chi connectivity index (χ4n) is 4.13. The number of anilines is 1. The molecular formula is C30H27N3O2. The van der Waals surface area contributed by atoms with E-state index >= 15 is 0 Å². The molecule has 0 unspecified atom stereocenters. The number of aromatic hydroxyl groups is 1. The van der Waals surface area contributed by atoms with Crippen LogP contribution in [0.2, 0.25) is 0 Å². The van der Waals surface area contributed by atoms with Gasteiger partial charge in [-0.05, 0) is 55.3 Å². The zero-order valence-electron chi connectivity index (χ0n) is 19.8. The maximum atomic E-state index is 11.3. The van der Waals surface area contributed by atoms with Crippen molar-refractivity contribution in [2.24, 2.45) is 0 Å². The monoisotopic (exact) mass is 461 g/mol. The highest BCUT2D eigenvalue weighted by atomic mass is 16.5. The van der Waals surface area contributed by atoms with Crippen LogP contribution in [0.25, 0.3) is 10.9 Å². The van der Waals surface area contributed by atoms with E-state index in [4.69, 9.17) is 4.74 Å². The Labute approximate surface area is 205 Å². The van der Waals surface area contributed by atoms with Crippen molar-refractivity contribution in [1.29, 1.82) is 0 Å². The van der Waals surface area contributed by atoms with E-state index in [2.05, 4.69) is 15.3 Å². The second-order valence-corrected chi connectivity index (χ2v) is 8.61. The number of nitrogens with zero attached hydrogens (tertiary/aromatic N) is 2. The predicted octanol–water partition coefficient (Wildman–Crippen LogP) is 6.73. The van der Waals surface area contributed by atoms with Crippen LogP contribution in [0.3, 0.4) is 0 Å². The minimum Gasteiger partial charge on any atom is -0.505 e. The third-order valence-electron chi connectivity index (χ3n) is 5.96. The summed E-state index contributed by atoms with van der Waals surface area (Å²) in [5, 5.41) is 15.7. The average Bonchev–Trinajstić information content (AvgIpc) is 2.88. The summed E-state index contributed by atoms with van der Waals surface area (Å²) in [7, 11) is 0. The van der Waals surface area contributed by atoms with Crippen LogP contribution in [-0.4, -0.2) is 15.1 Å². The molecule has 5 heteroatoms. The van der Waals surface area contributed by atoms with Crippen LogP contribution in [0.5, 0.6) is 11.5 Å². The van der Waals surface area contributed by atoms with E-state index in [1.54, 1.807) is 0 Å². The lowest BCUT2D eigenvalue weighted by Gasteiger charge is -2.22. The first-order chi connectivity index (χ1) is 17.1. The molecule has 0 saturated heterocycles. The summed E-state index contributed by atoms with van der Waals surface area (Å²) in [6, 6.07) is 31.4. The molecule has 0 radical (unpaired) electrons. The molecule has 0 aliphatic carbocycles. The number of fused-ring (bicyclic) bond motifs is 1. The molecule has 0 bridgehead atoms. The number of phenolic OH excluding ortho intramolecular Hbond substituents is 1. The molecule has 0 saturated carbocycles. The number of pyridine rings is 2. The molecular weight excluding hydrogens is 434 g/mol. The molecule has 0 spiro atoms. The first-order valence-electron chi connectivity index (χ1n) is 11.6. The van der Waals surface area contributed by atoms with Gasteiger partial charge in [0.05, 0.1) is 6.04 Å². The maximum Gasteiger partial charge on any atom is 0.147 e. The summed E-state index contributed by atoms with van der Waals surface area (Å²) in [5.74, 6) is 1.68. The number of aryl methyl sites for hydroxylation is 2. The molecule has 0 amide bonds. The molecule has 2 heterocycles. The lowest BCUT2D eigenvalue weighted by Crippen LogP contribution is -2.14. The van der Waals surface area contributed by atoms with Crippen molar-refractivity contribution in [1.82, 2.24) is 9.97 Å². The molecule has 5 nitrogen and oxygen atoms in total. The Kier molecular flexibility index (Phi) is 6.31. The van der Waals surface area contributed by atoms with Crippen LogP contribution in [0.1, 0.15) is 34.1 Å². The Balaban J connectivity index is 1.49. The fraction of sp³-hybridized carbons (Fsp3) is 0.133. The lowest BCUT2D eigenvalue weighted by molar-refractivity contribution is 0.306. The Morgan fingerprint density at radius 3 is 2.29 bits per heavy atom. The molecule has 174 valence electrons. The largest absolute Gasteiger partial charge is 0.505 e. The Morgan fingerprint density at radius 1 is 0.771 bits per heavy atom. The van der Waals surface area contributed by atoms with Crippen molar-refractivity contribution in [2.45, 2.75) is 26.5 Å². The van der Waals surface area contributed by atoms with Crippen molar-refractivity contribution in [2.75, 3.05) is 5.32 Å². The van der Waals surface area contributed by atoms with Crippen molar-refractivity contribution in [3.05, 3.63) is 125 Å². The Bertz CT molecular complexity index is 1450. The number of phenols is 1. The van der Waals surface area contributed by atoms with Crippen molar-refractivity contribution in [3.63, 3.8) is 0 Å². The van der Waals surface area contributed by atoms with Gasteiger partial charge in [0.25, 0.3) is 0 Å². The van der Waals surface area contributed by atoms with E-state index in [0.717, 1.165) is 45.0 Å². The lowest BCUT2D eigenvalue weighted by atomic mass is 9.96. The third kappa shape index (κ3) is 5.09. The highest BCUT2D eigenvalue weighted by molar-refractivity contribution is 5.86. The molecule has 0 aliphatic rings. The number of ether oxygens (including phenoxy) is 1. The van der Waals surface area contributed by atoms with Crippen LogP contribution in [0, 0.1) is 13.8 Å². The molecule has 0 aliphatic heterocycles. The summed E-state index contributed by atoms with van der Waals surface area (Å²) in [5.41, 5.74) is 5.19. The molecule has 35 heavy (non-hydrogen) atoms. The standard InChI is InChI=1S/C30H27N3O2/c1-20-7-6-10-27(31-20)33-28(26-18-15-24-12-11-21(2)32-29(24)30(26)34)23-13-16-25(17-14-23)35-19-22-8-4-3-5-9-22/h3-18,28,34H,19H2,1-2H3,(H,31,33)/t28-/m0/s1. The summed E-state index contributed by atoms with van der Waals surface area (Å²) < 4.78 is 5.97. The summed E-state index contributed by atoms with van der Waals surface area (Å²) in [4.78, 5) is 9.20. The number of aromatic nitrogens is 2. The smallest absolute Gasteiger partial charge is 0.147 e. The molecule has 5 aromatic rings. The molecule has 1 atom stereocenters. The number of rotatable bonds is 7. The number of benzene rings is 3. The quantitative estimate of drug-likeness (QED) is 0.281. The van der Waals surface area contributed by atoms with Gasteiger partial charge in [-0.3, -0.25) is 0 Å². The van der Waals surface area contributed by atoms with E-state index in [1.807, 2.05) is 111 Å². The zero-order chi connectivity index (χ0) is 24.2. The van der Waals surface area contributed by atoms with Gasteiger partial charge in [0.15, 0.2) is 0 Å². The second kappa shape index (κ2) is 9.85. The second-order valence-electron chi connectivity index (χ2n) is 8.61. The number of hydrogen-bond acceptors (Lipinski definition) is 5. The molecule has 5 rings (SSSR count). The fourth-order valence-corrected chi connectivity index (χ4v) is 4.13. The van der Waals surface area contributed by atoms with E-state index in [-0.39, 0.29) is 11.8 Å². The van der Waals surface area contributed by atoms with Crippen molar-refractivity contribution < 1.29 is 9.84 Å². The van der Waals surface area contributed by atoms with Gasteiger partial charge >= 0.3 is 0 Å². The highest BCUT2D eigenvalue weighted by Crippen LogP contribution is 2.37. The normalized spacial score (nSPS) is 11.8. The van der Waals surface area contributed by atoms with Crippen LogP contribution in [-0.2, 0) is 6.61 Å². The first-order valence-corrected chi connectivity index (χ1v) is 11.6. The van der Waals surface area contributed by atoms with E-state index < -0.39 is 0 Å². The number of nitrogens with one attached hydrogen (secondary N) is 1. The van der Waals surface area contributed by atoms with Crippen LogP contribution < -0.4 is 10.1 Å². The van der Waals surface area contributed by atoms with Gasteiger partial charge in [-0.15, -0.1) is 0 Å². The summed E-state index contributed by atoms with van der Waals surface area (Å²) in [6.45, 7) is 4.39. The predicted molar refractivity (Wildman–Crippen MR) is 140 cm³/mol. The maximum absolute atomic E-state index is 11.3. The average molecular weight is 462 g/mol. The van der Waals surface area contributed by atoms with Gasteiger partial charge in [-0.1, -0.05) is 66.7 Å². The van der Waals surface area contributed by atoms with Gasteiger partial charge in [0, 0.05) is 22.3 Å². The van der Waals surface area contributed by atoms with Crippen molar-refractivity contribution in [3.8, 4) is 11.5 Å². The minimum absolute atomic E-state index is 0.167. The SMILES string of the molecule is Cc1cccc(N[C@@H](c2ccc(OCc3ccccc3)cc2)c2ccc3ccc(C)nc3c2O)n1. The first kappa shape index (κ1) is 22.4. The zero-order valence-corrected chi connectivity index (χ0v) is 19.8. The van der Waals surface area contributed by atoms with Gasteiger partial charge in [0.2, 0.25) is 0 Å². The Hall–Kier alpha value is -4.38. The number of hydrogen-bond donors (Lipinski definition) is 2. The van der Waals surface area contributed by atoms with Crippen molar-refractivity contribution >= 4 is 16.7 Å². The minimum atomic E-state index is -0.334. The summed E-state index contributed by atoms with van der Waals surface area (Å²) >= 11 is 0.